The summed E-state index contributed by atoms with van der Waals surface area (Å²) in [6.07, 6.45) is 16.8. The first-order valence-corrected chi connectivity index (χ1v) is 26.0. The van der Waals surface area contributed by atoms with Crippen molar-refractivity contribution in [3.8, 4) is 22.5 Å². The number of rotatable bonds is 6. The van der Waals surface area contributed by atoms with Crippen molar-refractivity contribution in [2.24, 2.45) is 11.8 Å². The predicted molar refractivity (Wildman–Crippen MR) is 245 cm³/mol. The zero-order chi connectivity index (χ0) is 40.6. The third-order valence-corrected chi connectivity index (χ3v) is 15.9. The summed E-state index contributed by atoms with van der Waals surface area (Å²) in [4.78, 5) is 4.88. The molecule has 2 aliphatic heterocycles. The number of fused-ring (bicyclic) bond motifs is 13. The Bertz CT molecular complexity index is 2580. The lowest BCUT2D eigenvalue weighted by atomic mass is 9.75. The van der Waals surface area contributed by atoms with Gasteiger partial charge in [-0.15, -0.1) is 0 Å². The Morgan fingerprint density at radius 3 is 2.28 bits per heavy atom. The molecule has 3 aliphatic rings. The monoisotopic (exact) mass is 787 g/mol. The number of pyridine rings is 3. The van der Waals surface area contributed by atoms with E-state index in [0.717, 1.165) is 65.6 Å². The minimum Gasteiger partial charge on any atom is -0.437 e. The number of aromatic nitrogens is 3. The minimum absolute atomic E-state index is 0.249. The SMILES string of the molecule is C=C1CC2C(CCc3ccc4c(oc5nc(C)ccc54)c3-c3cc(CC(C)C)c(C)c[n+]31)c1ccc(C3CCCCC3)cc1-c1cc(CC(C)C)c([Si](C)(C)C)c[n+]12. The van der Waals surface area contributed by atoms with E-state index in [1.807, 2.05) is 6.92 Å². The highest BCUT2D eigenvalue weighted by Crippen LogP contribution is 2.47. The molecule has 1 fully saturated rings. The van der Waals surface area contributed by atoms with Gasteiger partial charge in [-0.1, -0.05) is 90.9 Å². The standard InChI is InChI=1S/C53H65N3OSi/c1-32(2)24-40-28-49-51-38(18-23-44-45-20-16-35(6)54-53(45)57-52(44)51)17-22-43-42-21-19-39(37-14-12-11-13-15-37)27-46(42)48-29-41(25-33(3)4)50(58(8,9)10)31-56(48)47(43)26-36(7)55(49)30-34(40)5/h16,18-21,23,27-33,37,43,47H,7,11-15,17,22,24-26H2,1-6,8-10H3/q+2. The second kappa shape index (κ2) is 15.0. The van der Waals surface area contributed by atoms with Crippen LogP contribution in [-0.4, -0.2) is 13.1 Å². The first kappa shape index (κ1) is 39.1. The van der Waals surface area contributed by atoms with E-state index in [0.29, 0.717) is 23.7 Å². The Labute approximate surface area is 348 Å². The van der Waals surface area contributed by atoms with Gasteiger partial charge in [-0.3, -0.25) is 0 Å². The summed E-state index contributed by atoms with van der Waals surface area (Å²) in [6, 6.07) is 22.1. The smallest absolute Gasteiger partial charge is 0.227 e. The van der Waals surface area contributed by atoms with Crippen LogP contribution in [0.2, 0.25) is 19.6 Å². The maximum absolute atomic E-state index is 6.85. The van der Waals surface area contributed by atoms with Crippen molar-refractivity contribution in [2.75, 3.05) is 0 Å². The van der Waals surface area contributed by atoms with Crippen LogP contribution in [0.15, 0.2) is 78.0 Å². The van der Waals surface area contributed by atoms with Gasteiger partial charge in [-0.2, -0.15) is 9.13 Å². The summed E-state index contributed by atoms with van der Waals surface area (Å²) in [5.41, 5.74) is 17.7. The fraction of sp³-hybridized carbons (Fsp3) is 0.453. The van der Waals surface area contributed by atoms with E-state index < -0.39 is 8.07 Å². The van der Waals surface area contributed by atoms with E-state index >= 15 is 0 Å². The fourth-order valence-electron chi connectivity index (χ4n) is 11.0. The molecule has 4 aromatic heterocycles. The molecule has 4 nitrogen and oxygen atoms in total. The molecule has 1 saturated carbocycles. The third-order valence-electron chi connectivity index (χ3n) is 13.8. The largest absolute Gasteiger partial charge is 0.437 e. The Balaban J connectivity index is 1.29. The van der Waals surface area contributed by atoms with Gasteiger partial charge in [0, 0.05) is 45.3 Å². The van der Waals surface area contributed by atoms with E-state index in [1.54, 1.807) is 16.3 Å². The highest BCUT2D eigenvalue weighted by Gasteiger charge is 2.45. The first-order chi connectivity index (χ1) is 27.7. The zero-order valence-corrected chi connectivity index (χ0v) is 37.8. The zero-order valence-electron chi connectivity index (χ0n) is 36.8. The number of benzene rings is 2. The van der Waals surface area contributed by atoms with Crippen molar-refractivity contribution in [1.82, 2.24) is 4.98 Å². The Morgan fingerprint density at radius 1 is 0.810 bits per heavy atom. The molecule has 300 valence electrons. The summed E-state index contributed by atoms with van der Waals surface area (Å²) in [5.74, 6) is 2.15. The van der Waals surface area contributed by atoms with Crippen LogP contribution in [0.3, 0.4) is 0 Å². The fourth-order valence-corrected chi connectivity index (χ4v) is 12.6. The molecular weight excluding hydrogens is 723 g/mol. The minimum atomic E-state index is -1.69. The van der Waals surface area contributed by atoms with E-state index in [1.165, 1.54) is 76.9 Å². The highest BCUT2D eigenvalue weighted by atomic mass is 28.3. The van der Waals surface area contributed by atoms with Gasteiger partial charge in [-0.25, -0.2) is 4.98 Å². The molecule has 0 spiro atoms. The molecule has 2 aromatic carbocycles. The average molecular weight is 788 g/mol. The predicted octanol–water partition coefficient (Wildman–Crippen LogP) is 12.6. The lowest BCUT2D eigenvalue weighted by molar-refractivity contribution is -0.719. The Kier molecular flexibility index (Phi) is 10.1. The second-order valence-corrected chi connectivity index (χ2v) is 25.3. The van der Waals surface area contributed by atoms with E-state index in [2.05, 4.69) is 130 Å². The Morgan fingerprint density at radius 2 is 1.53 bits per heavy atom. The molecule has 5 heteroatoms. The molecule has 2 atom stereocenters. The van der Waals surface area contributed by atoms with Crippen LogP contribution < -0.4 is 14.3 Å². The molecule has 0 amide bonds. The van der Waals surface area contributed by atoms with Gasteiger partial charge in [0.15, 0.2) is 29.7 Å². The number of allylic oxidation sites excluding steroid dienone is 1. The van der Waals surface area contributed by atoms with Crippen LogP contribution in [0.4, 0.5) is 0 Å². The molecular formula is C53H65N3OSi+2. The number of nitrogens with zero attached hydrogens (tertiary/aromatic N) is 3. The van der Waals surface area contributed by atoms with Crippen molar-refractivity contribution in [3.05, 3.63) is 113 Å². The first-order valence-electron chi connectivity index (χ1n) is 22.5. The lowest BCUT2D eigenvalue weighted by Crippen LogP contribution is -2.54. The molecule has 1 aliphatic carbocycles. The molecule has 6 aromatic rings. The van der Waals surface area contributed by atoms with Gasteiger partial charge in [0.2, 0.25) is 17.1 Å². The van der Waals surface area contributed by atoms with E-state index in [-0.39, 0.29) is 6.04 Å². The number of hydrogen-bond donors (Lipinski definition) is 0. The van der Waals surface area contributed by atoms with Gasteiger partial charge in [0.25, 0.3) is 0 Å². The maximum Gasteiger partial charge on any atom is 0.227 e. The molecule has 0 N–H and O–H groups in total. The van der Waals surface area contributed by atoms with Crippen LogP contribution in [0.25, 0.3) is 50.3 Å². The lowest BCUT2D eigenvalue weighted by Gasteiger charge is -2.34. The van der Waals surface area contributed by atoms with Gasteiger partial charge < -0.3 is 4.42 Å². The molecule has 0 bridgehead atoms. The molecule has 58 heavy (non-hydrogen) atoms. The topological polar surface area (TPSA) is 33.8 Å². The maximum atomic E-state index is 6.85. The quantitative estimate of drug-likeness (QED) is 0.124. The molecule has 2 unspecified atom stereocenters. The second-order valence-electron chi connectivity index (χ2n) is 20.2. The molecule has 9 rings (SSSR count). The van der Waals surface area contributed by atoms with Crippen LogP contribution in [0.1, 0.15) is 130 Å². The van der Waals surface area contributed by atoms with Crippen molar-refractivity contribution in [3.63, 3.8) is 0 Å². The van der Waals surface area contributed by atoms with Crippen molar-refractivity contribution < 1.29 is 13.6 Å². The highest BCUT2D eigenvalue weighted by molar-refractivity contribution is 6.89. The van der Waals surface area contributed by atoms with Crippen LogP contribution >= 0.6 is 0 Å². The molecule has 6 heterocycles. The van der Waals surface area contributed by atoms with Gasteiger partial charge in [0.1, 0.15) is 0 Å². The van der Waals surface area contributed by atoms with Crippen molar-refractivity contribution >= 4 is 41.0 Å². The van der Waals surface area contributed by atoms with Crippen LogP contribution in [-0.2, 0) is 19.3 Å². The van der Waals surface area contributed by atoms with Crippen molar-refractivity contribution in [1.29, 1.82) is 0 Å². The normalized spacial score (nSPS) is 18.6. The summed E-state index contributed by atoms with van der Waals surface area (Å²) in [5, 5.41) is 3.83. The van der Waals surface area contributed by atoms with Crippen molar-refractivity contribution in [2.45, 2.75) is 143 Å². The summed E-state index contributed by atoms with van der Waals surface area (Å²) < 4.78 is 12.1. The number of hydrogen-bond acceptors (Lipinski definition) is 2. The van der Waals surface area contributed by atoms with Crippen LogP contribution in [0.5, 0.6) is 0 Å². The number of furan rings is 1. The third kappa shape index (κ3) is 6.99. The van der Waals surface area contributed by atoms with Gasteiger partial charge >= 0.3 is 0 Å². The molecule has 0 radical (unpaired) electrons. The van der Waals surface area contributed by atoms with Crippen LogP contribution in [0, 0.1) is 25.7 Å². The summed E-state index contributed by atoms with van der Waals surface area (Å²) in [7, 11) is -1.69. The summed E-state index contributed by atoms with van der Waals surface area (Å²) in [6.45, 7) is 26.4. The Hall–Kier alpha value is -4.35. The average Bonchev–Trinajstić information content (AvgIpc) is 3.54. The van der Waals surface area contributed by atoms with E-state index in [4.69, 9.17) is 16.0 Å². The number of aryl methyl sites for hydroxylation is 3. The molecule has 0 saturated heterocycles. The summed E-state index contributed by atoms with van der Waals surface area (Å²) >= 11 is 0. The van der Waals surface area contributed by atoms with Gasteiger partial charge in [0.05, 0.1) is 25.6 Å². The van der Waals surface area contributed by atoms with E-state index in [9.17, 15) is 0 Å². The van der Waals surface area contributed by atoms with Gasteiger partial charge in [-0.05, 0) is 123 Å².